The number of hydrogen-bond acceptors (Lipinski definition) is 0. The van der Waals surface area contributed by atoms with Gasteiger partial charge in [-0.2, -0.15) is 0 Å². The summed E-state index contributed by atoms with van der Waals surface area (Å²) in [5, 5.41) is 0.982. The molecule has 2 aliphatic rings. The molecular formula is C18H30ClF. The normalized spacial score (nSPS) is 16.4. The van der Waals surface area contributed by atoms with Crippen molar-refractivity contribution in [2.45, 2.75) is 67.2 Å². The van der Waals surface area contributed by atoms with Crippen LogP contribution in [-0.4, -0.2) is 0 Å². The first-order valence-electron chi connectivity index (χ1n) is 7.61. The second-order valence-corrected chi connectivity index (χ2v) is 4.74. The molecule has 0 radical (unpaired) electrons. The zero-order valence-corrected chi connectivity index (χ0v) is 14.6. The van der Waals surface area contributed by atoms with Crippen LogP contribution in [-0.2, 0) is 0 Å². The van der Waals surface area contributed by atoms with Crippen LogP contribution in [0.25, 0.3) is 0 Å². The molecule has 0 saturated carbocycles. The first kappa shape index (κ1) is 21.5. The third-order valence-corrected chi connectivity index (χ3v) is 2.93. The van der Waals surface area contributed by atoms with E-state index in [4.69, 9.17) is 11.6 Å². The van der Waals surface area contributed by atoms with E-state index in [9.17, 15) is 4.39 Å². The first-order chi connectivity index (χ1) is 9.58. The van der Waals surface area contributed by atoms with Crippen LogP contribution in [0.1, 0.15) is 67.2 Å². The van der Waals surface area contributed by atoms with Gasteiger partial charge in [-0.1, -0.05) is 62.6 Å². The number of hydrogen-bond donors (Lipinski definition) is 0. The van der Waals surface area contributed by atoms with Crippen LogP contribution in [0.4, 0.5) is 4.39 Å². The number of rotatable bonds is 0. The van der Waals surface area contributed by atoms with Gasteiger partial charge in [-0.15, -0.1) is 0 Å². The summed E-state index contributed by atoms with van der Waals surface area (Å²) in [6, 6.07) is 0. The van der Waals surface area contributed by atoms with E-state index in [1.807, 2.05) is 46.8 Å². The van der Waals surface area contributed by atoms with Crippen LogP contribution in [0.15, 0.2) is 46.3 Å². The Kier molecular flexibility index (Phi) is 15.7. The molecule has 0 aromatic carbocycles. The Balaban J connectivity index is 0. The van der Waals surface area contributed by atoms with Crippen molar-refractivity contribution in [1.29, 1.82) is 0 Å². The third-order valence-electron chi connectivity index (χ3n) is 2.61. The van der Waals surface area contributed by atoms with Gasteiger partial charge in [-0.3, -0.25) is 0 Å². The fraction of sp³-hybridized carbons (Fsp3) is 0.556. The van der Waals surface area contributed by atoms with Gasteiger partial charge >= 0.3 is 0 Å². The monoisotopic (exact) mass is 300 g/mol. The van der Waals surface area contributed by atoms with Gasteiger partial charge in [0.05, 0.1) is 0 Å². The molecule has 0 fully saturated rings. The maximum absolute atomic E-state index is 12.2. The molecule has 0 unspecified atom stereocenters. The standard InChI is InChI=1S/C7H9Cl.C7H9F.2C2H6/c2*1-6-2-4-7(8)5-3-6;2*1-2/h2*2,4H,3,5H2,1H3;2*1-2H3. The van der Waals surface area contributed by atoms with Crippen LogP contribution in [0.5, 0.6) is 0 Å². The third kappa shape index (κ3) is 12.2. The maximum Gasteiger partial charge on any atom is 0.100 e. The summed E-state index contributed by atoms with van der Waals surface area (Å²) in [5.41, 5.74) is 2.70. The molecule has 116 valence electrons. The molecule has 0 nitrogen and oxygen atoms in total. The number of allylic oxidation sites excluding steroid dienone is 8. The lowest BCUT2D eigenvalue weighted by Crippen LogP contribution is -1.84. The summed E-state index contributed by atoms with van der Waals surface area (Å²) in [4.78, 5) is 0. The average Bonchev–Trinajstić information content (AvgIpc) is 2.50. The first-order valence-corrected chi connectivity index (χ1v) is 7.99. The summed E-state index contributed by atoms with van der Waals surface area (Å²) < 4.78 is 12.2. The summed E-state index contributed by atoms with van der Waals surface area (Å²) >= 11 is 5.70. The largest absolute Gasteiger partial charge is 0.212 e. The van der Waals surface area contributed by atoms with Gasteiger partial charge in [0.1, 0.15) is 5.83 Å². The highest BCUT2D eigenvalue weighted by Crippen LogP contribution is 2.19. The topological polar surface area (TPSA) is 0 Å². The van der Waals surface area contributed by atoms with Gasteiger partial charge in [0.15, 0.2) is 0 Å². The molecule has 0 atom stereocenters. The molecule has 0 saturated heterocycles. The fourth-order valence-corrected chi connectivity index (χ4v) is 1.59. The SMILES string of the molecule is CC.CC.CC1=CC=C(Cl)CC1.CC1=CC=C(F)CC1. The highest BCUT2D eigenvalue weighted by molar-refractivity contribution is 6.29. The molecule has 0 spiro atoms. The molecule has 0 aliphatic heterocycles. The molecule has 0 aromatic rings. The van der Waals surface area contributed by atoms with E-state index in [0.29, 0.717) is 6.42 Å². The molecule has 0 aromatic heterocycles. The smallest absolute Gasteiger partial charge is 0.100 e. The van der Waals surface area contributed by atoms with Crippen molar-refractivity contribution < 1.29 is 4.39 Å². The summed E-state index contributed by atoms with van der Waals surface area (Å²) in [5.74, 6) is 0.00981. The van der Waals surface area contributed by atoms with E-state index >= 15 is 0 Å². The Morgan fingerprint density at radius 1 is 0.750 bits per heavy atom. The van der Waals surface area contributed by atoms with E-state index in [1.54, 1.807) is 6.08 Å². The fourth-order valence-electron chi connectivity index (χ4n) is 1.43. The van der Waals surface area contributed by atoms with Crippen molar-refractivity contribution >= 4 is 11.6 Å². The van der Waals surface area contributed by atoms with E-state index in [2.05, 4.69) is 13.0 Å². The van der Waals surface area contributed by atoms with Gasteiger partial charge < -0.3 is 0 Å². The zero-order valence-electron chi connectivity index (χ0n) is 13.9. The van der Waals surface area contributed by atoms with Crippen LogP contribution in [0, 0.1) is 0 Å². The van der Waals surface area contributed by atoms with Crippen molar-refractivity contribution in [2.24, 2.45) is 0 Å². The lowest BCUT2D eigenvalue weighted by Gasteiger charge is -2.03. The highest BCUT2D eigenvalue weighted by atomic mass is 35.5. The Morgan fingerprint density at radius 3 is 1.45 bits per heavy atom. The Morgan fingerprint density at radius 2 is 1.20 bits per heavy atom. The quantitative estimate of drug-likeness (QED) is 0.435. The molecule has 2 aliphatic carbocycles. The van der Waals surface area contributed by atoms with E-state index < -0.39 is 0 Å². The van der Waals surface area contributed by atoms with Crippen LogP contribution in [0.3, 0.4) is 0 Å². The van der Waals surface area contributed by atoms with Gasteiger partial charge in [-0.25, -0.2) is 4.39 Å². The van der Waals surface area contributed by atoms with Crippen molar-refractivity contribution in [2.75, 3.05) is 0 Å². The highest BCUT2D eigenvalue weighted by Gasteiger charge is 1.99. The molecule has 2 heteroatoms. The average molecular weight is 301 g/mol. The summed E-state index contributed by atoms with van der Waals surface area (Å²) in [7, 11) is 0. The van der Waals surface area contributed by atoms with Crippen molar-refractivity contribution in [3.8, 4) is 0 Å². The molecule has 2 rings (SSSR count). The Labute approximate surface area is 130 Å². The van der Waals surface area contributed by atoms with E-state index in [-0.39, 0.29) is 5.83 Å². The van der Waals surface area contributed by atoms with Gasteiger partial charge in [0, 0.05) is 11.5 Å². The van der Waals surface area contributed by atoms with Gasteiger partial charge in [0.25, 0.3) is 0 Å². The van der Waals surface area contributed by atoms with Crippen LogP contribution in [0.2, 0.25) is 0 Å². The van der Waals surface area contributed by atoms with Crippen LogP contribution >= 0.6 is 11.6 Å². The minimum atomic E-state index is 0.00981. The predicted octanol–water partition coefficient (Wildman–Crippen LogP) is 7.48. The lowest BCUT2D eigenvalue weighted by molar-refractivity contribution is 0.582. The number of halogens is 2. The van der Waals surface area contributed by atoms with Crippen molar-refractivity contribution in [3.63, 3.8) is 0 Å². The molecule has 0 amide bonds. The maximum atomic E-state index is 12.2. The Bertz CT molecular complexity index is 288. The second-order valence-electron chi connectivity index (χ2n) is 4.25. The van der Waals surface area contributed by atoms with Crippen molar-refractivity contribution in [3.05, 3.63) is 46.3 Å². The lowest BCUT2D eigenvalue weighted by atomic mass is 10.1. The molecule has 20 heavy (non-hydrogen) atoms. The van der Waals surface area contributed by atoms with E-state index in [0.717, 1.165) is 24.3 Å². The minimum Gasteiger partial charge on any atom is -0.212 e. The summed E-state index contributed by atoms with van der Waals surface area (Å²) in [6.45, 7) is 12.1. The minimum absolute atomic E-state index is 0.00981. The van der Waals surface area contributed by atoms with E-state index in [1.165, 1.54) is 11.1 Å². The van der Waals surface area contributed by atoms with Crippen molar-refractivity contribution in [1.82, 2.24) is 0 Å². The zero-order chi connectivity index (χ0) is 16.0. The summed E-state index contributed by atoms with van der Waals surface area (Å²) in [6.07, 6.45) is 11.1. The molecule has 0 N–H and O–H groups in total. The second kappa shape index (κ2) is 14.6. The van der Waals surface area contributed by atoms with Gasteiger partial charge in [-0.05, 0) is 45.3 Å². The predicted molar refractivity (Wildman–Crippen MR) is 91.8 cm³/mol. The van der Waals surface area contributed by atoms with Gasteiger partial charge in [0.2, 0.25) is 0 Å². The Hall–Kier alpha value is -0.820. The molecule has 0 heterocycles. The molecular weight excluding hydrogens is 271 g/mol. The van der Waals surface area contributed by atoms with Crippen LogP contribution < -0.4 is 0 Å². The molecule has 0 bridgehead atoms.